The van der Waals surface area contributed by atoms with Crippen LogP contribution in [0.5, 0.6) is 5.75 Å². The minimum atomic E-state index is 0.719. The standard InChI is InChI=1S/C20H18N2O/c1-23-17-8-4-6-15(12-17)13-18-20-10-5-11-22(20)19-9-3-2-7-16(19)14-21-18/h2-12H,13-14H2,1H3. The second kappa shape index (κ2) is 5.76. The zero-order chi connectivity index (χ0) is 15.6. The minimum absolute atomic E-state index is 0.719. The molecule has 1 aliphatic rings. The zero-order valence-corrected chi connectivity index (χ0v) is 13.1. The molecule has 0 aliphatic carbocycles. The van der Waals surface area contributed by atoms with Crippen molar-refractivity contribution in [3.05, 3.63) is 83.7 Å². The molecule has 1 aromatic heterocycles. The molecule has 3 heteroatoms. The number of methoxy groups -OCH3 is 1. The highest BCUT2D eigenvalue weighted by Gasteiger charge is 2.16. The van der Waals surface area contributed by atoms with E-state index in [1.165, 1.54) is 16.8 Å². The Kier molecular flexibility index (Phi) is 3.46. The Balaban J connectivity index is 1.74. The van der Waals surface area contributed by atoms with Gasteiger partial charge in [0.2, 0.25) is 0 Å². The van der Waals surface area contributed by atoms with Crippen molar-refractivity contribution in [3.63, 3.8) is 0 Å². The van der Waals surface area contributed by atoms with Gasteiger partial charge in [-0.25, -0.2) is 0 Å². The van der Waals surface area contributed by atoms with Gasteiger partial charge in [-0.1, -0.05) is 30.3 Å². The van der Waals surface area contributed by atoms with E-state index in [1.807, 2.05) is 12.1 Å². The average molecular weight is 302 g/mol. The highest BCUT2D eigenvalue weighted by atomic mass is 16.5. The number of ether oxygens (including phenoxy) is 1. The summed E-state index contributed by atoms with van der Waals surface area (Å²) < 4.78 is 7.57. The van der Waals surface area contributed by atoms with Crippen LogP contribution < -0.4 is 4.74 Å². The molecular formula is C20H18N2O. The van der Waals surface area contributed by atoms with E-state index < -0.39 is 0 Å². The van der Waals surface area contributed by atoms with Gasteiger partial charge in [-0.2, -0.15) is 0 Å². The van der Waals surface area contributed by atoms with Gasteiger partial charge in [-0.05, 0) is 41.5 Å². The third-order valence-electron chi connectivity index (χ3n) is 4.24. The second-order valence-corrected chi connectivity index (χ2v) is 5.68. The van der Waals surface area contributed by atoms with E-state index in [4.69, 9.17) is 9.73 Å². The first kappa shape index (κ1) is 13.8. The molecule has 0 radical (unpaired) electrons. The predicted molar refractivity (Wildman–Crippen MR) is 92.7 cm³/mol. The van der Waals surface area contributed by atoms with Gasteiger partial charge in [0.15, 0.2) is 0 Å². The molecule has 3 aromatic rings. The van der Waals surface area contributed by atoms with Crippen LogP contribution in [0.3, 0.4) is 0 Å². The number of para-hydroxylation sites is 1. The normalized spacial score (nSPS) is 12.8. The van der Waals surface area contributed by atoms with Crippen molar-refractivity contribution < 1.29 is 4.74 Å². The SMILES string of the molecule is COc1cccc(CC2=NCc3ccccc3-n3cccc32)c1. The first-order valence-electron chi connectivity index (χ1n) is 7.77. The smallest absolute Gasteiger partial charge is 0.119 e. The number of hydrogen-bond donors (Lipinski definition) is 0. The number of benzene rings is 2. The largest absolute Gasteiger partial charge is 0.497 e. The molecule has 0 N–H and O–H groups in total. The van der Waals surface area contributed by atoms with E-state index in [0.29, 0.717) is 0 Å². The van der Waals surface area contributed by atoms with Crippen LogP contribution >= 0.6 is 0 Å². The van der Waals surface area contributed by atoms with Crippen molar-refractivity contribution in [2.75, 3.05) is 7.11 Å². The topological polar surface area (TPSA) is 26.5 Å². The molecular weight excluding hydrogens is 284 g/mol. The number of aromatic nitrogens is 1. The summed E-state index contributed by atoms with van der Waals surface area (Å²) in [5.41, 5.74) is 5.96. The second-order valence-electron chi connectivity index (χ2n) is 5.68. The Labute approximate surface area is 135 Å². The summed E-state index contributed by atoms with van der Waals surface area (Å²) in [6.07, 6.45) is 2.91. The van der Waals surface area contributed by atoms with Gasteiger partial charge in [-0.15, -0.1) is 0 Å². The highest BCUT2D eigenvalue weighted by Crippen LogP contribution is 2.24. The third-order valence-corrected chi connectivity index (χ3v) is 4.24. The molecule has 0 unspecified atom stereocenters. The van der Waals surface area contributed by atoms with Crippen LogP contribution in [0.2, 0.25) is 0 Å². The number of aliphatic imine (C=N–C) groups is 1. The fraction of sp³-hybridized carbons (Fsp3) is 0.150. The fourth-order valence-electron chi connectivity index (χ4n) is 3.09. The number of fused-ring (bicyclic) bond motifs is 3. The molecule has 2 heterocycles. The van der Waals surface area contributed by atoms with Gasteiger partial charge >= 0.3 is 0 Å². The maximum atomic E-state index is 5.33. The van der Waals surface area contributed by atoms with Crippen molar-refractivity contribution in [3.8, 4) is 11.4 Å². The summed E-state index contributed by atoms with van der Waals surface area (Å²) in [4.78, 5) is 4.88. The number of hydrogen-bond acceptors (Lipinski definition) is 2. The van der Waals surface area contributed by atoms with Crippen molar-refractivity contribution in [1.82, 2.24) is 4.57 Å². The van der Waals surface area contributed by atoms with Crippen LogP contribution in [0.1, 0.15) is 16.8 Å². The van der Waals surface area contributed by atoms with Crippen LogP contribution in [-0.4, -0.2) is 17.4 Å². The van der Waals surface area contributed by atoms with Crippen LogP contribution in [0.4, 0.5) is 0 Å². The molecule has 0 amide bonds. The monoisotopic (exact) mass is 302 g/mol. The number of rotatable bonds is 3. The van der Waals surface area contributed by atoms with Gasteiger partial charge in [0.05, 0.1) is 30.7 Å². The van der Waals surface area contributed by atoms with Gasteiger partial charge in [0.1, 0.15) is 5.75 Å². The molecule has 0 saturated heterocycles. The molecule has 0 atom stereocenters. The van der Waals surface area contributed by atoms with Crippen LogP contribution in [0, 0.1) is 0 Å². The van der Waals surface area contributed by atoms with Gasteiger partial charge < -0.3 is 9.30 Å². The van der Waals surface area contributed by atoms with Crippen LogP contribution in [0.25, 0.3) is 5.69 Å². The summed E-state index contributed by atoms with van der Waals surface area (Å²) in [6.45, 7) is 0.719. The molecule has 0 fully saturated rings. The summed E-state index contributed by atoms with van der Waals surface area (Å²) in [5.74, 6) is 0.885. The van der Waals surface area contributed by atoms with E-state index in [9.17, 15) is 0 Å². The predicted octanol–water partition coefficient (Wildman–Crippen LogP) is 4.03. The molecule has 4 rings (SSSR count). The maximum Gasteiger partial charge on any atom is 0.119 e. The Morgan fingerprint density at radius 2 is 1.96 bits per heavy atom. The maximum absolute atomic E-state index is 5.33. The fourth-order valence-corrected chi connectivity index (χ4v) is 3.09. The van der Waals surface area contributed by atoms with Crippen molar-refractivity contribution in [2.24, 2.45) is 4.99 Å². The van der Waals surface area contributed by atoms with E-state index in [0.717, 1.165) is 30.1 Å². The Bertz CT molecular complexity index is 877. The molecule has 3 nitrogen and oxygen atoms in total. The molecule has 0 spiro atoms. The van der Waals surface area contributed by atoms with E-state index in [-0.39, 0.29) is 0 Å². The quantitative estimate of drug-likeness (QED) is 0.717. The summed E-state index contributed by atoms with van der Waals surface area (Å²) in [5, 5.41) is 0. The minimum Gasteiger partial charge on any atom is -0.497 e. The van der Waals surface area contributed by atoms with Crippen molar-refractivity contribution >= 4 is 5.71 Å². The lowest BCUT2D eigenvalue weighted by Gasteiger charge is -2.11. The summed E-state index contributed by atoms with van der Waals surface area (Å²) in [6, 6.07) is 20.9. The van der Waals surface area contributed by atoms with Crippen LogP contribution in [0.15, 0.2) is 71.9 Å². The Morgan fingerprint density at radius 3 is 2.87 bits per heavy atom. The molecule has 114 valence electrons. The van der Waals surface area contributed by atoms with E-state index in [1.54, 1.807) is 7.11 Å². The lowest BCUT2D eigenvalue weighted by atomic mass is 10.1. The Morgan fingerprint density at radius 1 is 1.04 bits per heavy atom. The summed E-state index contributed by atoms with van der Waals surface area (Å²) in [7, 11) is 1.70. The lowest BCUT2D eigenvalue weighted by molar-refractivity contribution is 0.414. The van der Waals surface area contributed by atoms with Gasteiger partial charge in [-0.3, -0.25) is 4.99 Å². The van der Waals surface area contributed by atoms with Crippen molar-refractivity contribution in [1.29, 1.82) is 0 Å². The zero-order valence-electron chi connectivity index (χ0n) is 13.1. The average Bonchev–Trinajstić information content (AvgIpc) is 3.03. The molecule has 2 aromatic carbocycles. The van der Waals surface area contributed by atoms with Crippen LogP contribution in [-0.2, 0) is 13.0 Å². The van der Waals surface area contributed by atoms with Crippen molar-refractivity contribution in [2.45, 2.75) is 13.0 Å². The van der Waals surface area contributed by atoms with E-state index >= 15 is 0 Å². The van der Waals surface area contributed by atoms with Gasteiger partial charge in [0.25, 0.3) is 0 Å². The lowest BCUT2D eigenvalue weighted by Crippen LogP contribution is -2.09. The first-order chi connectivity index (χ1) is 11.3. The summed E-state index contributed by atoms with van der Waals surface area (Å²) >= 11 is 0. The van der Waals surface area contributed by atoms with E-state index in [2.05, 4.69) is 59.3 Å². The third kappa shape index (κ3) is 2.55. The molecule has 0 bridgehead atoms. The molecule has 1 aliphatic heterocycles. The Hall–Kier alpha value is -2.81. The number of nitrogens with zero attached hydrogens (tertiary/aromatic N) is 2. The molecule has 23 heavy (non-hydrogen) atoms. The van der Waals surface area contributed by atoms with Gasteiger partial charge in [0, 0.05) is 12.6 Å². The first-order valence-corrected chi connectivity index (χ1v) is 7.77. The molecule has 0 saturated carbocycles. The highest BCUT2D eigenvalue weighted by molar-refractivity contribution is 6.01.